The van der Waals surface area contributed by atoms with E-state index >= 15 is 0 Å². The Bertz CT molecular complexity index is 1120. The summed E-state index contributed by atoms with van der Waals surface area (Å²) in [6.45, 7) is 11.2. The van der Waals surface area contributed by atoms with Crippen LogP contribution in [0.4, 0.5) is 0 Å². The molecule has 0 aliphatic carbocycles. The topological polar surface area (TPSA) is 25.8 Å². The molecule has 1 aromatic rings. The van der Waals surface area contributed by atoms with E-state index in [1.165, 1.54) is 403 Å². The monoisotopic (exact) mass is 1030 g/mol. The van der Waals surface area contributed by atoms with Gasteiger partial charge < -0.3 is 0 Å². The zero-order valence-electron chi connectivity index (χ0n) is 51.9. The molecule has 1 aromatic heterocycles. The molecule has 0 aliphatic heterocycles. The minimum atomic E-state index is 0.720. The first-order valence-corrected chi connectivity index (χ1v) is 35.4. The van der Waals surface area contributed by atoms with Crippen molar-refractivity contribution in [2.45, 2.75) is 432 Å². The minimum Gasteiger partial charge on any atom is -0.238 e. The smallest absolute Gasteiger partial charge is 0.128 e. The molecule has 0 aliphatic rings. The molecule has 0 amide bonds. The quantitative estimate of drug-likeness (QED) is 0.0608. The maximum atomic E-state index is 5.24. The van der Waals surface area contributed by atoms with E-state index in [-0.39, 0.29) is 0 Å². The molecule has 0 aromatic carbocycles. The van der Waals surface area contributed by atoms with Gasteiger partial charge in [0.25, 0.3) is 0 Å². The van der Waals surface area contributed by atoms with Crippen LogP contribution in [0.5, 0.6) is 0 Å². The Kier molecular flexibility index (Phi) is 58.9. The van der Waals surface area contributed by atoms with E-state index in [1.54, 1.807) is 5.56 Å². The molecule has 0 saturated carbocycles. The van der Waals surface area contributed by atoms with Crippen molar-refractivity contribution in [1.82, 2.24) is 9.97 Å². The Morgan fingerprint density at radius 2 is 0.351 bits per heavy atom. The molecule has 2 heteroatoms. The Morgan fingerprint density at radius 1 is 0.203 bits per heavy atom. The third-order valence-electron chi connectivity index (χ3n) is 17.3. The van der Waals surface area contributed by atoms with Gasteiger partial charge in [-0.3, -0.25) is 0 Å². The van der Waals surface area contributed by atoms with Crippen LogP contribution in [0, 0.1) is 6.92 Å². The van der Waals surface area contributed by atoms with Gasteiger partial charge in [0.15, 0.2) is 0 Å². The molecular formula is C72H139N2. The molecule has 0 fully saturated rings. The van der Waals surface area contributed by atoms with Gasteiger partial charge in [0.2, 0.25) is 0 Å². The third-order valence-corrected chi connectivity index (χ3v) is 17.3. The Morgan fingerprint density at radius 3 is 0.514 bits per heavy atom. The summed E-state index contributed by atoms with van der Waals surface area (Å²) in [5.41, 5.74) is 4.37. The molecule has 0 spiro atoms. The van der Waals surface area contributed by atoms with Crippen LogP contribution in [-0.4, -0.2) is 9.97 Å². The lowest BCUT2D eigenvalue weighted by Gasteiger charge is -2.16. The molecule has 1 heterocycles. The first-order chi connectivity index (χ1) is 36.8. The fourth-order valence-corrected chi connectivity index (χ4v) is 12.1. The van der Waals surface area contributed by atoms with Crippen molar-refractivity contribution >= 4 is 0 Å². The van der Waals surface area contributed by atoms with Crippen molar-refractivity contribution in [2.24, 2.45) is 0 Å². The van der Waals surface area contributed by atoms with Gasteiger partial charge in [-0.15, -0.1) is 0 Å². The first kappa shape index (κ1) is 71.1. The zero-order valence-corrected chi connectivity index (χ0v) is 51.9. The maximum absolute atomic E-state index is 5.24. The van der Waals surface area contributed by atoms with E-state index in [1.807, 2.05) is 0 Å². The van der Waals surface area contributed by atoms with Gasteiger partial charge in [-0.2, -0.15) is 0 Å². The summed E-state index contributed by atoms with van der Waals surface area (Å²) in [5.74, 6) is 1.00. The number of hydrogen-bond acceptors (Lipinski definition) is 2. The van der Waals surface area contributed by atoms with E-state index in [9.17, 15) is 0 Å². The lowest BCUT2D eigenvalue weighted by molar-refractivity contribution is 0.520. The highest BCUT2D eigenvalue weighted by atomic mass is 14.9. The van der Waals surface area contributed by atoms with Gasteiger partial charge in [0.1, 0.15) is 5.82 Å². The third kappa shape index (κ3) is 50.6. The second kappa shape index (κ2) is 61.3. The Balaban J connectivity index is 2.36. The molecule has 2 nitrogen and oxygen atoms in total. The van der Waals surface area contributed by atoms with Crippen LogP contribution in [0.3, 0.4) is 0 Å². The number of nitrogens with zero attached hydrogens (tertiary/aromatic N) is 2. The van der Waals surface area contributed by atoms with Crippen LogP contribution in [0.25, 0.3) is 0 Å². The fraction of sp³-hybridized carbons (Fsp3) is 0.931. The van der Waals surface area contributed by atoms with Crippen molar-refractivity contribution in [3.05, 3.63) is 29.7 Å². The van der Waals surface area contributed by atoms with Gasteiger partial charge >= 0.3 is 0 Å². The number of rotatable bonds is 64. The first-order valence-electron chi connectivity index (χ1n) is 35.4. The van der Waals surface area contributed by atoms with Crippen LogP contribution in [0.15, 0.2) is 0 Å². The van der Waals surface area contributed by atoms with Gasteiger partial charge in [0, 0.05) is 17.8 Å². The van der Waals surface area contributed by atoms with Crippen LogP contribution >= 0.6 is 0 Å². The highest BCUT2D eigenvalue weighted by Crippen LogP contribution is 2.24. The van der Waals surface area contributed by atoms with Gasteiger partial charge in [0.05, 0.1) is 0 Å². The lowest BCUT2D eigenvalue weighted by Crippen LogP contribution is -2.11. The second-order valence-corrected chi connectivity index (χ2v) is 24.7. The predicted molar refractivity (Wildman–Crippen MR) is 336 cm³/mol. The van der Waals surface area contributed by atoms with E-state index < -0.39 is 0 Å². The highest BCUT2D eigenvalue weighted by molar-refractivity contribution is 5.27. The molecule has 0 atom stereocenters. The minimum absolute atomic E-state index is 0.720. The predicted octanol–water partition coefficient (Wildman–Crippen LogP) is 25.9. The van der Waals surface area contributed by atoms with Gasteiger partial charge in [-0.05, 0) is 51.0 Å². The van der Waals surface area contributed by atoms with E-state index in [4.69, 9.17) is 9.97 Å². The standard InChI is InChI=1S/C72H139N2/c1-5-9-12-15-18-21-24-27-30-33-36-39-42-45-48-51-54-57-60-63-66-69-70(67-64-61-58-55-52-49-46-43-40-37-34-31-28-25-22-19-16-13-10-6-2)73-72(8-4)74-71(69)68-65-62-59-56-53-50-47-44-41-38-35-32-29-26-23-20-17-14-11-7-3/h4-68H2,1-3H3. The van der Waals surface area contributed by atoms with Crippen molar-refractivity contribution in [3.63, 3.8) is 0 Å². The molecule has 1 radical (unpaired) electrons. The summed E-state index contributed by atoms with van der Waals surface area (Å²) in [5, 5.41) is 0. The van der Waals surface area contributed by atoms with Crippen LogP contribution in [0.1, 0.15) is 429 Å². The van der Waals surface area contributed by atoms with Gasteiger partial charge in [-0.1, -0.05) is 387 Å². The fourth-order valence-electron chi connectivity index (χ4n) is 12.1. The summed E-state index contributed by atoms with van der Waals surface area (Å²) >= 11 is 0. The highest BCUT2D eigenvalue weighted by Gasteiger charge is 2.14. The number of aryl methyl sites for hydroxylation is 2. The van der Waals surface area contributed by atoms with Crippen molar-refractivity contribution in [3.8, 4) is 0 Å². The Labute approximate surface area is 469 Å². The average Bonchev–Trinajstić information content (AvgIpc) is 3.41. The normalized spacial score (nSPS) is 11.7. The molecular weight excluding hydrogens is 893 g/mol. The molecule has 1 rings (SSSR count). The van der Waals surface area contributed by atoms with E-state index in [2.05, 4.69) is 27.7 Å². The summed E-state index contributed by atoms with van der Waals surface area (Å²) in [4.78, 5) is 10.5. The van der Waals surface area contributed by atoms with Crippen LogP contribution in [0.2, 0.25) is 0 Å². The van der Waals surface area contributed by atoms with Crippen LogP contribution in [-0.2, 0) is 25.7 Å². The molecule has 0 saturated heterocycles. The molecule has 437 valence electrons. The van der Waals surface area contributed by atoms with Crippen molar-refractivity contribution in [1.29, 1.82) is 0 Å². The summed E-state index contributed by atoms with van der Waals surface area (Å²) < 4.78 is 0. The van der Waals surface area contributed by atoms with Gasteiger partial charge in [-0.25, -0.2) is 9.97 Å². The molecule has 0 N–H and O–H groups in total. The molecule has 0 unspecified atom stereocenters. The zero-order chi connectivity index (χ0) is 53.0. The number of aromatic nitrogens is 2. The van der Waals surface area contributed by atoms with Crippen molar-refractivity contribution in [2.75, 3.05) is 0 Å². The summed E-state index contributed by atoms with van der Waals surface area (Å²) in [6, 6.07) is 0. The van der Waals surface area contributed by atoms with E-state index in [0.717, 1.165) is 25.1 Å². The molecule has 74 heavy (non-hydrogen) atoms. The lowest BCUT2D eigenvalue weighted by atomic mass is 9.96. The molecule has 0 bridgehead atoms. The van der Waals surface area contributed by atoms with E-state index in [0.29, 0.717) is 0 Å². The average molecular weight is 1030 g/mol. The Hall–Kier alpha value is -0.920. The summed E-state index contributed by atoms with van der Waals surface area (Å²) in [7, 11) is 0. The maximum Gasteiger partial charge on any atom is 0.128 e. The number of unbranched alkanes of at least 4 members (excludes halogenated alkanes) is 57. The summed E-state index contributed by atoms with van der Waals surface area (Å²) in [6.07, 6.45) is 90.6. The van der Waals surface area contributed by atoms with Crippen LogP contribution < -0.4 is 0 Å². The second-order valence-electron chi connectivity index (χ2n) is 24.7. The number of hydrogen-bond donors (Lipinski definition) is 0. The largest absolute Gasteiger partial charge is 0.238 e. The van der Waals surface area contributed by atoms with Crippen molar-refractivity contribution < 1.29 is 0 Å². The SMILES string of the molecule is [CH2]Cc1nc(CCCCCCCCCCCCCCCCCCCCCC)c(CCCCCCCCCCCCCCCCCCCCCC)c(CCCCCCCCCCCCCCCCCCCCCC)n1.